The molecule has 140 valence electrons. The summed E-state index contributed by atoms with van der Waals surface area (Å²) in [5, 5.41) is 8.40. The number of hydrogen-bond donors (Lipinski definition) is 0. The summed E-state index contributed by atoms with van der Waals surface area (Å²) in [5.74, 6) is 0.573. The van der Waals surface area contributed by atoms with E-state index < -0.39 is 0 Å². The summed E-state index contributed by atoms with van der Waals surface area (Å²) in [6, 6.07) is 6.15. The lowest BCUT2D eigenvalue weighted by atomic mass is 10.1. The fraction of sp³-hybridized carbons (Fsp3) is 0.400. The molecule has 3 aromatic rings. The standard InChI is InChI=1S/C20H23N5O2/c1-15-18(14-22-27-15)20(26)25(17-4-2-3-5-17)13-12-24-11-8-19(23-24)16-6-9-21-10-7-16/h6-11,14,17H,2-5,12-13H2,1H3. The largest absolute Gasteiger partial charge is 0.361 e. The van der Waals surface area contributed by atoms with Crippen LogP contribution in [0.15, 0.2) is 47.5 Å². The van der Waals surface area contributed by atoms with Gasteiger partial charge in [-0.05, 0) is 38.0 Å². The molecule has 1 aliphatic carbocycles. The number of aryl methyl sites for hydroxylation is 1. The van der Waals surface area contributed by atoms with Gasteiger partial charge in [-0.2, -0.15) is 5.10 Å². The van der Waals surface area contributed by atoms with Gasteiger partial charge < -0.3 is 9.42 Å². The first-order valence-electron chi connectivity index (χ1n) is 9.38. The number of nitrogens with zero attached hydrogens (tertiary/aromatic N) is 5. The zero-order chi connectivity index (χ0) is 18.6. The highest BCUT2D eigenvalue weighted by Crippen LogP contribution is 2.25. The fourth-order valence-electron chi connectivity index (χ4n) is 3.70. The lowest BCUT2D eigenvalue weighted by molar-refractivity contribution is 0.0670. The van der Waals surface area contributed by atoms with Gasteiger partial charge in [-0.25, -0.2) is 0 Å². The molecule has 7 nitrogen and oxygen atoms in total. The average molecular weight is 365 g/mol. The number of amides is 1. The Balaban J connectivity index is 1.48. The van der Waals surface area contributed by atoms with Crippen molar-refractivity contribution in [3.05, 3.63) is 54.3 Å². The van der Waals surface area contributed by atoms with Gasteiger partial charge in [-0.1, -0.05) is 18.0 Å². The van der Waals surface area contributed by atoms with Gasteiger partial charge >= 0.3 is 0 Å². The first-order valence-corrected chi connectivity index (χ1v) is 9.38. The Bertz CT molecular complexity index is 896. The lowest BCUT2D eigenvalue weighted by Gasteiger charge is -2.28. The Morgan fingerprint density at radius 3 is 2.74 bits per heavy atom. The Hall–Kier alpha value is -2.96. The molecule has 4 rings (SSSR count). The van der Waals surface area contributed by atoms with Crippen LogP contribution in [0.1, 0.15) is 41.8 Å². The maximum Gasteiger partial charge on any atom is 0.259 e. The number of hydrogen-bond acceptors (Lipinski definition) is 5. The van der Waals surface area contributed by atoms with Gasteiger partial charge in [-0.15, -0.1) is 0 Å². The van der Waals surface area contributed by atoms with Gasteiger partial charge in [0.1, 0.15) is 11.3 Å². The van der Waals surface area contributed by atoms with Gasteiger partial charge in [0, 0.05) is 36.7 Å². The van der Waals surface area contributed by atoms with Crippen LogP contribution in [0.5, 0.6) is 0 Å². The van der Waals surface area contributed by atoms with Crippen LogP contribution >= 0.6 is 0 Å². The van der Waals surface area contributed by atoms with Crippen LogP contribution in [0.25, 0.3) is 11.3 Å². The second kappa shape index (κ2) is 7.73. The highest BCUT2D eigenvalue weighted by Gasteiger charge is 2.29. The van der Waals surface area contributed by atoms with Crippen molar-refractivity contribution in [2.24, 2.45) is 0 Å². The summed E-state index contributed by atoms with van der Waals surface area (Å²) < 4.78 is 6.99. The van der Waals surface area contributed by atoms with Gasteiger partial charge in [-0.3, -0.25) is 14.5 Å². The summed E-state index contributed by atoms with van der Waals surface area (Å²) in [5.41, 5.74) is 2.50. The van der Waals surface area contributed by atoms with Crippen LogP contribution in [0, 0.1) is 6.92 Å². The third-order valence-corrected chi connectivity index (χ3v) is 5.19. The normalized spacial score (nSPS) is 14.6. The van der Waals surface area contributed by atoms with Gasteiger partial charge in [0.25, 0.3) is 5.91 Å². The van der Waals surface area contributed by atoms with Gasteiger partial charge in [0.15, 0.2) is 0 Å². The quantitative estimate of drug-likeness (QED) is 0.670. The molecule has 0 atom stereocenters. The highest BCUT2D eigenvalue weighted by atomic mass is 16.5. The molecule has 0 aliphatic heterocycles. The van der Waals surface area contributed by atoms with E-state index in [0.717, 1.165) is 24.1 Å². The van der Waals surface area contributed by atoms with Crippen molar-refractivity contribution in [2.45, 2.75) is 45.2 Å². The van der Waals surface area contributed by atoms with E-state index in [1.165, 1.54) is 19.0 Å². The van der Waals surface area contributed by atoms with Crippen LogP contribution < -0.4 is 0 Å². The summed E-state index contributed by atoms with van der Waals surface area (Å²) in [6.07, 6.45) is 11.4. The van der Waals surface area contributed by atoms with Crippen LogP contribution in [0.4, 0.5) is 0 Å². The predicted octanol–water partition coefficient (Wildman–Crippen LogP) is 3.33. The average Bonchev–Trinajstić information content (AvgIpc) is 3.44. The fourth-order valence-corrected chi connectivity index (χ4v) is 3.70. The molecule has 7 heteroatoms. The molecule has 0 unspecified atom stereocenters. The SMILES string of the molecule is Cc1oncc1C(=O)N(CCn1ccc(-c2ccncc2)n1)C1CCCC1. The number of carbonyl (C=O) groups excluding carboxylic acids is 1. The second-order valence-corrected chi connectivity index (χ2v) is 6.93. The van der Waals surface area contributed by atoms with Crippen molar-refractivity contribution in [3.63, 3.8) is 0 Å². The molecule has 3 heterocycles. The van der Waals surface area contributed by atoms with Crippen molar-refractivity contribution in [3.8, 4) is 11.3 Å². The zero-order valence-corrected chi connectivity index (χ0v) is 15.4. The molecular formula is C20H23N5O2. The Labute approximate surface area is 158 Å². The van der Waals surface area contributed by atoms with Crippen molar-refractivity contribution in [1.82, 2.24) is 24.8 Å². The number of aromatic nitrogens is 4. The molecule has 0 bridgehead atoms. The smallest absolute Gasteiger partial charge is 0.259 e. The molecule has 3 aromatic heterocycles. The molecule has 0 saturated heterocycles. The number of pyridine rings is 1. The third-order valence-electron chi connectivity index (χ3n) is 5.19. The van der Waals surface area contributed by atoms with Crippen molar-refractivity contribution < 1.29 is 9.32 Å². The first-order chi connectivity index (χ1) is 13.2. The van der Waals surface area contributed by atoms with E-state index in [0.29, 0.717) is 24.4 Å². The maximum atomic E-state index is 13.1. The molecular weight excluding hydrogens is 342 g/mol. The zero-order valence-electron chi connectivity index (χ0n) is 15.4. The number of carbonyl (C=O) groups is 1. The number of rotatable bonds is 6. The minimum atomic E-state index is 0.00200. The van der Waals surface area contributed by atoms with E-state index in [1.807, 2.05) is 34.0 Å². The van der Waals surface area contributed by atoms with Crippen molar-refractivity contribution in [1.29, 1.82) is 0 Å². The van der Waals surface area contributed by atoms with E-state index in [2.05, 4.69) is 15.2 Å². The topological polar surface area (TPSA) is 77.0 Å². The molecule has 0 aromatic carbocycles. The Morgan fingerprint density at radius 2 is 2.04 bits per heavy atom. The summed E-state index contributed by atoms with van der Waals surface area (Å²) in [6.45, 7) is 3.05. The van der Waals surface area contributed by atoms with Crippen LogP contribution in [-0.4, -0.2) is 43.3 Å². The van der Waals surface area contributed by atoms with E-state index >= 15 is 0 Å². The third kappa shape index (κ3) is 3.77. The van der Waals surface area contributed by atoms with Crippen LogP contribution in [0.3, 0.4) is 0 Å². The van der Waals surface area contributed by atoms with Crippen LogP contribution in [-0.2, 0) is 6.54 Å². The summed E-state index contributed by atoms with van der Waals surface area (Å²) in [4.78, 5) is 19.1. The molecule has 0 N–H and O–H groups in total. The molecule has 27 heavy (non-hydrogen) atoms. The van der Waals surface area contributed by atoms with Crippen LogP contribution in [0.2, 0.25) is 0 Å². The van der Waals surface area contributed by atoms with E-state index in [-0.39, 0.29) is 11.9 Å². The molecule has 0 radical (unpaired) electrons. The predicted molar refractivity (Wildman–Crippen MR) is 100.0 cm³/mol. The minimum Gasteiger partial charge on any atom is -0.361 e. The van der Waals surface area contributed by atoms with Gasteiger partial charge in [0.2, 0.25) is 0 Å². The van der Waals surface area contributed by atoms with E-state index in [4.69, 9.17) is 4.52 Å². The minimum absolute atomic E-state index is 0.00200. The molecule has 1 amide bonds. The first kappa shape index (κ1) is 17.5. The molecule has 1 aliphatic rings. The lowest BCUT2D eigenvalue weighted by Crippen LogP contribution is -2.41. The molecule has 1 fully saturated rings. The summed E-state index contributed by atoms with van der Waals surface area (Å²) >= 11 is 0. The van der Waals surface area contributed by atoms with Crippen molar-refractivity contribution in [2.75, 3.05) is 6.54 Å². The van der Waals surface area contributed by atoms with E-state index in [1.54, 1.807) is 19.3 Å². The molecule has 1 saturated carbocycles. The van der Waals surface area contributed by atoms with Gasteiger partial charge in [0.05, 0.1) is 18.4 Å². The van der Waals surface area contributed by atoms with Crippen molar-refractivity contribution >= 4 is 5.91 Å². The second-order valence-electron chi connectivity index (χ2n) is 6.93. The molecule has 0 spiro atoms. The highest BCUT2D eigenvalue weighted by molar-refractivity contribution is 5.95. The maximum absolute atomic E-state index is 13.1. The Morgan fingerprint density at radius 1 is 1.26 bits per heavy atom. The Kier molecular flexibility index (Phi) is 5.00. The van der Waals surface area contributed by atoms with E-state index in [9.17, 15) is 4.79 Å². The monoisotopic (exact) mass is 365 g/mol. The summed E-state index contributed by atoms with van der Waals surface area (Å²) in [7, 11) is 0.